The van der Waals surface area contributed by atoms with Crippen molar-refractivity contribution >= 4 is 34.0 Å². The Morgan fingerprint density at radius 1 is 1.13 bits per heavy atom. The molecule has 7 heteroatoms. The van der Waals surface area contributed by atoms with Gasteiger partial charge in [-0.15, -0.1) is 0 Å². The van der Waals surface area contributed by atoms with Gasteiger partial charge in [0.1, 0.15) is 5.82 Å². The van der Waals surface area contributed by atoms with E-state index in [1.807, 2.05) is 13.0 Å². The minimum Gasteiger partial charge on any atom is -0.325 e. The first kappa shape index (κ1) is 19.8. The summed E-state index contributed by atoms with van der Waals surface area (Å²) in [5.74, 6) is -0.929. The van der Waals surface area contributed by atoms with Crippen LogP contribution in [0.5, 0.6) is 0 Å². The van der Waals surface area contributed by atoms with E-state index in [2.05, 4.69) is 10.3 Å². The third kappa shape index (κ3) is 3.82. The monoisotopic (exact) mass is 421 g/mol. The van der Waals surface area contributed by atoms with Gasteiger partial charge in [0, 0.05) is 33.9 Å². The Morgan fingerprint density at radius 3 is 2.73 bits per heavy atom. The normalized spacial score (nSPS) is 10.9. The van der Waals surface area contributed by atoms with Crippen molar-refractivity contribution in [1.29, 1.82) is 0 Å². The van der Waals surface area contributed by atoms with E-state index in [9.17, 15) is 14.0 Å². The molecular weight excluding hydrogens is 405 g/mol. The summed E-state index contributed by atoms with van der Waals surface area (Å²) in [5, 5.41) is 4.10. The van der Waals surface area contributed by atoms with Gasteiger partial charge in [-0.3, -0.25) is 19.1 Å². The van der Waals surface area contributed by atoms with E-state index in [4.69, 9.17) is 11.6 Å². The van der Waals surface area contributed by atoms with Gasteiger partial charge in [0.25, 0.3) is 5.56 Å². The molecule has 1 amide bonds. The van der Waals surface area contributed by atoms with Gasteiger partial charge < -0.3 is 5.32 Å². The van der Waals surface area contributed by atoms with Crippen LogP contribution in [0.3, 0.4) is 0 Å². The largest absolute Gasteiger partial charge is 0.325 e. The van der Waals surface area contributed by atoms with E-state index in [0.717, 1.165) is 5.69 Å². The van der Waals surface area contributed by atoms with Gasteiger partial charge in [-0.25, -0.2) is 4.39 Å². The molecule has 2 aromatic heterocycles. The lowest BCUT2D eigenvalue weighted by Crippen LogP contribution is -2.20. The Kier molecular flexibility index (Phi) is 5.33. The van der Waals surface area contributed by atoms with Crippen LogP contribution in [-0.4, -0.2) is 15.5 Å². The average molecular weight is 422 g/mol. The quantitative estimate of drug-likeness (QED) is 0.521. The lowest BCUT2D eigenvalue weighted by atomic mass is 10.1. The summed E-state index contributed by atoms with van der Waals surface area (Å²) < 4.78 is 15.5. The molecule has 0 radical (unpaired) electrons. The molecule has 0 saturated carbocycles. The van der Waals surface area contributed by atoms with Gasteiger partial charge in [-0.2, -0.15) is 0 Å². The molecule has 0 aliphatic carbocycles. The number of nitrogens with zero attached hydrogens (tertiary/aromatic N) is 2. The number of halogens is 2. The second-order valence-corrected chi connectivity index (χ2v) is 7.26. The van der Waals surface area contributed by atoms with Crippen LogP contribution in [0, 0.1) is 12.7 Å². The number of amides is 1. The molecule has 150 valence electrons. The first-order valence-electron chi connectivity index (χ1n) is 9.24. The maximum Gasteiger partial charge on any atom is 0.263 e. The minimum atomic E-state index is -0.537. The Morgan fingerprint density at radius 2 is 1.97 bits per heavy atom. The van der Waals surface area contributed by atoms with Crippen molar-refractivity contribution in [1.82, 2.24) is 9.55 Å². The number of nitrogens with one attached hydrogen (secondary N) is 1. The fourth-order valence-corrected chi connectivity index (χ4v) is 3.50. The van der Waals surface area contributed by atoms with Crippen molar-refractivity contribution < 1.29 is 9.18 Å². The highest BCUT2D eigenvalue weighted by Gasteiger charge is 2.13. The molecule has 0 fully saturated rings. The fourth-order valence-electron chi connectivity index (χ4n) is 3.34. The Hall–Kier alpha value is -3.51. The van der Waals surface area contributed by atoms with Crippen LogP contribution in [0.2, 0.25) is 5.02 Å². The zero-order valence-electron chi connectivity index (χ0n) is 16.0. The van der Waals surface area contributed by atoms with Crippen LogP contribution >= 0.6 is 11.6 Å². The summed E-state index contributed by atoms with van der Waals surface area (Å²) >= 11 is 5.75. The molecule has 2 heterocycles. The topological polar surface area (TPSA) is 64.0 Å². The number of carbonyl (C=O) groups excluding carboxylic acids is 1. The highest BCUT2D eigenvalue weighted by atomic mass is 35.5. The maximum atomic E-state index is 14.0. The fraction of sp³-hybridized carbons (Fsp3) is 0.0870. The predicted octanol–water partition coefficient (Wildman–Crippen LogP) is 4.67. The number of rotatable bonds is 4. The van der Waals surface area contributed by atoms with Gasteiger partial charge in [0.15, 0.2) is 0 Å². The van der Waals surface area contributed by atoms with Gasteiger partial charge in [-0.05, 0) is 55.0 Å². The van der Waals surface area contributed by atoms with Crippen LogP contribution in [-0.2, 0) is 11.2 Å². The second kappa shape index (κ2) is 8.08. The molecular formula is C23H17ClFN3O2. The maximum absolute atomic E-state index is 14.0. The molecule has 4 aromatic rings. The van der Waals surface area contributed by atoms with E-state index in [0.29, 0.717) is 22.1 Å². The van der Waals surface area contributed by atoms with Crippen LogP contribution in [0.4, 0.5) is 10.1 Å². The average Bonchev–Trinajstić information content (AvgIpc) is 2.72. The summed E-state index contributed by atoms with van der Waals surface area (Å²) in [4.78, 5) is 29.8. The molecule has 0 spiro atoms. The third-order valence-corrected chi connectivity index (χ3v) is 5.06. The van der Waals surface area contributed by atoms with Crippen LogP contribution in [0.15, 0.2) is 71.8 Å². The van der Waals surface area contributed by atoms with E-state index in [-0.39, 0.29) is 22.6 Å². The Bertz CT molecular complexity index is 1330. The van der Waals surface area contributed by atoms with Crippen molar-refractivity contribution in [3.63, 3.8) is 0 Å². The molecule has 30 heavy (non-hydrogen) atoms. The standard InChI is InChI=1S/C23H17ClFN3O2/c1-14-21(6-3-10-26-14)28-11-9-17-18(23(28)30)4-2-5-20(17)27-22(29)12-15-7-8-16(24)13-19(15)25/h2-11,13H,12H2,1H3,(H,27,29). The molecule has 0 aliphatic rings. The summed E-state index contributed by atoms with van der Waals surface area (Å²) in [6.45, 7) is 1.83. The molecule has 4 rings (SSSR count). The lowest BCUT2D eigenvalue weighted by Gasteiger charge is -2.12. The van der Waals surface area contributed by atoms with Crippen molar-refractivity contribution in [3.8, 4) is 5.69 Å². The summed E-state index contributed by atoms with van der Waals surface area (Å²) in [5.41, 5.74) is 1.93. The van der Waals surface area contributed by atoms with Crippen molar-refractivity contribution in [3.05, 3.63) is 99.4 Å². The zero-order valence-corrected chi connectivity index (χ0v) is 16.8. The number of aryl methyl sites for hydroxylation is 1. The van der Waals surface area contributed by atoms with Gasteiger partial charge in [0.2, 0.25) is 5.91 Å². The number of aromatic nitrogens is 2. The van der Waals surface area contributed by atoms with E-state index in [1.54, 1.807) is 42.7 Å². The first-order chi connectivity index (χ1) is 14.4. The number of pyridine rings is 2. The second-order valence-electron chi connectivity index (χ2n) is 6.83. The summed E-state index contributed by atoms with van der Waals surface area (Å²) in [6.07, 6.45) is 3.18. The molecule has 0 unspecified atom stereocenters. The van der Waals surface area contributed by atoms with E-state index in [1.165, 1.54) is 22.8 Å². The molecule has 2 aromatic carbocycles. The molecule has 0 saturated heterocycles. The number of anilines is 1. The van der Waals surface area contributed by atoms with E-state index >= 15 is 0 Å². The number of benzene rings is 2. The molecule has 1 N–H and O–H groups in total. The summed E-state index contributed by atoms with van der Waals surface area (Å²) in [6, 6.07) is 14.7. The SMILES string of the molecule is Cc1ncccc1-n1ccc2c(NC(=O)Cc3ccc(Cl)cc3F)cccc2c1=O. The van der Waals surface area contributed by atoms with Crippen LogP contribution < -0.4 is 10.9 Å². The Balaban J connectivity index is 1.67. The van der Waals surface area contributed by atoms with Crippen molar-refractivity contribution in [2.75, 3.05) is 5.32 Å². The molecule has 0 aliphatic heterocycles. The van der Waals surface area contributed by atoms with Crippen LogP contribution in [0.1, 0.15) is 11.3 Å². The van der Waals surface area contributed by atoms with Gasteiger partial charge in [-0.1, -0.05) is 23.7 Å². The Labute approximate surface area is 176 Å². The molecule has 0 bridgehead atoms. The smallest absolute Gasteiger partial charge is 0.263 e. The molecule has 0 atom stereocenters. The lowest BCUT2D eigenvalue weighted by molar-refractivity contribution is -0.115. The summed E-state index contributed by atoms with van der Waals surface area (Å²) in [7, 11) is 0. The highest BCUT2D eigenvalue weighted by molar-refractivity contribution is 6.30. The van der Waals surface area contributed by atoms with Crippen molar-refractivity contribution in [2.45, 2.75) is 13.3 Å². The number of hydrogen-bond donors (Lipinski definition) is 1. The molecule has 5 nitrogen and oxygen atoms in total. The zero-order chi connectivity index (χ0) is 21.3. The predicted molar refractivity (Wildman–Crippen MR) is 116 cm³/mol. The van der Waals surface area contributed by atoms with Crippen molar-refractivity contribution in [2.24, 2.45) is 0 Å². The van der Waals surface area contributed by atoms with Gasteiger partial charge in [0.05, 0.1) is 17.8 Å². The van der Waals surface area contributed by atoms with Gasteiger partial charge >= 0.3 is 0 Å². The van der Waals surface area contributed by atoms with E-state index < -0.39 is 11.7 Å². The minimum absolute atomic E-state index is 0.147. The third-order valence-electron chi connectivity index (χ3n) is 4.82. The number of hydrogen-bond acceptors (Lipinski definition) is 3. The first-order valence-corrected chi connectivity index (χ1v) is 9.62. The number of carbonyl (C=O) groups is 1. The van der Waals surface area contributed by atoms with Crippen LogP contribution in [0.25, 0.3) is 16.5 Å². The highest BCUT2D eigenvalue weighted by Crippen LogP contribution is 2.23. The number of fused-ring (bicyclic) bond motifs is 1.